The molecule has 0 bridgehead atoms. The summed E-state index contributed by atoms with van der Waals surface area (Å²) in [4.78, 5) is 12.8. The molecule has 1 aliphatic rings. The highest BCUT2D eigenvalue weighted by molar-refractivity contribution is 8.01. The van der Waals surface area contributed by atoms with Gasteiger partial charge in [-0.05, 0) is 19.4 Å². The highest BCUT2D eigenvalue weighted by Gasteiger charge is 2.49. The minimum absolute atomic E-state index is 0.157. The topological polar surface area (TPSA) is 60.8 Å². The van der Waals surface area contributed by atoms with Crippen LogP contribution in [0.1, 0.15) is 24.8 Å². The van der Waals surface area contributed by atoms with Crippen molar-refractivity contribution in [3.63, 3.8) is 0 Å². The molecule has 0 aliphatic carbocycles. The average molecular weight is 267 g/mol. The molecule has 0 spiro atoms. The fourth-order valence-electron chi connectivity index (χ4n) is 2.31. The Morgan fingerprint density at radius 3 is 2.50 bits per heavy atom. The molecule has 0 aromatic heterocycles. The third-order valence-corrected chi connectivity index (χ3v) is 4.89. The van der Waals surface area contributed by atoms with E-state index >= 15 is 0 Å². The summed E-state index contributed by atoms with van der Waals surface area (Å²) >= 11 is 1.58. The molecule has 0 saturated carbocycles. The zero-order valence-corrected chi connectivity index (χ0v) is 11.2. The number of rotatable bonds is 2. The Morgan fingerprint density at radius 1 is 1.39 bits per heavy atom. The van der Waals surface area contributed by atoms with E-state index in [1.807, 2.05) is 44.2 Å². The van der Waals surface area contributed by atoms with Gasteiger partial charge in [0.05, 0.1) is 12.6 Å². The van der Waals surface area contributed by atoms with Gasteiger partial charge in [-0.3, -0.25) is 4.90 Å². The number of hydrogen-bond acceptors (Lipinski definition) is 3. The number of carbonyl (C=O) groups is 1. The Labute approximate surface area is 111 Å². The van der Waals surface area contributed by atoms with Gasteiger partial charge in [-0.15, -0.1) is 11.8 Å². The minimum Gasteiger partial charge on any atom is -0.465 e. The number of carboxylic acid groups (broad SMARTS) is 1. The predicted octanol–water partition coefficient (Wildman–Crippen LogP) is 2.55. The summed E-state index contributed by atoms with van der Waals surface area (Å²) in [5, 5.41) is 18.6. The first-order chi connectivity index (χ1) is 8.47. The lowest BCUT2D eigenvalue weighted by Crippen LogP contribution is -2.45. The van der Waals surface area contributed by atoms with Crippen molar-refractivity contribution in [2.75, 3.05) is 6.61 Å². The Morgan fingerprint density at radius 2 is 2.00 bits per heavy atom. The number of amides is 1. The molecule has 4 nitrogen and oxygen atoms in total. The summed E-state index contributed by atoms with van der Waals surface area (Å²) in [6.07, 6.45) is -0.985. The average Bonchev–Trinajstić information content (AvgIpc) is 2.61. The molecule has 1 aromatic carbocycles. The quantitative estimate of drug-likeness (QED) is 0.864. The second kappa shape index (κ2) is 4.82. The van der Waals surface area contributed by atoms with E-state index in [0.29, 0.717) is 0 Å². The van der Waals surface area contributed by atoms with Crippen molar-refractivity contribution in [2.24, 2.45) is 0 Å². The fraction of sp³-hybridized carbons (Fsp3) is 0.462. The number of thioether (sulfide) groups is 1. The van der Waals surface area contributed by atoms with Gasteiger partial charge in [0.25, 0.3) is 0 Å². The summed E-state index contributed by atoms with van der Waals surface area (Å²) in [6.45, 7) is 3.78. The molecule has 98 valence electrons. The molecule has 2 rings (SSSR count). The molecule has 1 aromatic rings. The van der Waals surface area contributed by atoms with E-state index in [2.05, 4.69) is 0 Å². The van der Waals surface area contributed by atoms with Crippen molar-refractivity contribution in [3.8, 4) is 0 Å². The lowest BCUT2D eigenvalue weighted by molar-refractivity contribution is 0.0901. The van der Waals surface area contributed by atoms with E-state index < -0.39 is 6.09 Å². The minimum atomic E-state index is -0.985. The third-order valence-electron chi connectivity index (χ3n) is 3.28. The van der Waals surface area contributed by atoms with Gasteiger partial charge in [0.15, 0.2) is 0 Å². The molecule has 1 fully saturated rings. The van der Waals surface area contributed by atoms with Crippen molar-refractivity contribution < 1.29 is 15.0 Å². The van der Waals surface area contributed by atoms with Crippen LogP contribution in [0.4, 0.5) is 4.79 Å². The van der Waals surface area contributed by atoms with Crippen LogP contribution >= 0.6 is 11.8 Å². The molecule has 2 atom stereocenters. The highest BCUT2D eigenvalue weighted by Crippen LogP contribution is 2.51. The normalized spacial score (nSPS) is 26.3. The predicted molar refractivity (Wildman–Crippen MR) is 71.6 cm³/mol. The van der Waals surface area contributed by atoms with Crippen LogP contribution in [0.5, 0.6) is 0 Å². The second-order valence-corrected chi connectivity index (χ2v) is 6.61. The zero-order chi connectivity index (χ0) is 13.3. The van der Waals surface area contributed by atoms with Crippen LogP contribution in [0, 0.1) is 0 Å². The van der Waals surface area contributed by atoms with Gasteiger partial charge in [-0.25, -0.2) is 4.79 Å². The number of aliphatic hydroxyl groups excluding tert-OH is 1. The van der Waals surface area contributed by atoms with Crippen molar-refractivity contribution in [2.45, 2.75) is 30.0 Å². The molecule has 1 heterocycles. The first-order valence-electron chi connectivity index (χ1n) is 5.82. The lowest BCUT2D eigenvalue weighted by Gasteiger charge is -2.29. The first kappa shape index (κ1) is 13.2. The van der Waals surface area contributed by atoms with E-state index in [-0.39, 0.29) is 22.8 Å². The number of benzene rings is 1. The molecule has 0 radical (unpaired) electrons. The largest absolute Gasteiger partial charge is 0.465 e. The van der Waals surface area contributed by atoms with Gasteiger partial charge in [0, 0.05) is 4.75 Å². The van der Waals surface area contributed by atoms with Gasteiger partial charge >= 0.3 is 6.09 Å². The van der Waals surface area contributed by atoms with Crippen LogP contribution in [0.25, 0.3) is 0 Å². The fourth-order valence-corrected chi connectivity index (χ4v) is 3.87. The van der Waals surface area contributed by atoms with E-state index in [1.165, 1.54) is 4.90 Å². The Kier molecular flexibility index (Phi) is 3.54. The van der Waals surface area contributed by atoms with Gasteiger partial charge in [0.2, 0.25) is 0 Å². The SMILES string of the molecule is CC1(C)SC(c2ccccc2)N(C(=O)O)[C@H]1CO. The molecular formula is C13H17NO3S. The van der Waals surface area contributed by atoms with Crippen LogP contribution in [-0.2, 0) is 0 Å². The maximum atomic E-state index is 11.4. The first-order valence-corrected chi connectivity index (χ1v) is 6.70. The summed E-state index contributed by atoms with van der Waals surface area (Å²) in [6, 6.07) is 9.16. The van der Waals surface area contributed by atoms with Crippen LogP contribution in [0.2, 0.25) is 0 Å². The highest BCUT2D eigenvalue weighted by atomic mass is 32.2. The van der Waals surface area contributed by atoms with Crippen molar-refractivity contribution in [1.82, 2.24) is 4.90 Å². The summed E-state index contributed by atoms with van der Waals surface area (Å²) in [5.41, 5.74) is 0.953. The van der Waals surface area contributed by atoms with Gasteiger partial charge in [-0.2, -0.15) is 0 Å². The summed E-state index contributed by atoms with van der Waals surface area (Å²) < 4.78 is -0.298. The third kappa shape index (κ3) is 2.20. The molecule has 1 aliphatic heterocycles. The van der Waals surface area contributed by atoms with Crippen LogP contribution < -0.4 is 0 Å². The molecule has 18 heavy (non-hydrogen) atoms. The molecular weight excluding hydrogens is 250 g/mol. The summed E-state index contributed by atoms with van der Waals surface area (Å²) in [7, 11) is 0. The van der Waals surface area contributed by atoms with Crippen molar-refractivity contribution in [3.05, 3.63) is 35.9 Å². The number of hydrogen-bond donors (Lipinski definition) is 2. The maximum Gasteiger partial charge on any atom is 0.408 e. The van der Waals surface area contributed by atoms with Gasteiger partial charge in [-0.1, -0.05) is 30.3 Å². The Bertz CT molecular complexity index is 435. The molecule has 1 unspecified atom stereocenters. The molecule has 5 heteroatoms. The van der Waals surface area contributed by atoms with Gasteiger partial charge < -0.3 is 10.2 Å². The molecule has 1 saturated heterocycles. The Hall–Kier alpha value is -1.20. The van der Waals surface area contributed by atoms with E-state index in [4.69, 9.17) is 0 Å². The molecule has 1 amide bonds. The maximum absolute atomic E-state index is 11.4. The van der Waals surface area contributed by atoms with Crippen molar-refractivity contribution in [1.29, 1.82) is 0 Å². The van der Waals surface area contributed by atoms with Gasteiger partial charge in [0.1, 0.15) is 5.37 Å². The van der Waals surface area contributed by atoms with E-state index in [0.717, 1.165) is 5.56 Å². The van der Waals surface area contributed by atoms with Crippen LogP contribution in [0.15, 0.2) is 30.3 Å². The number of nitrogens with zero attached hydrogens (tertiary/aromatic N) is 1. The number of aliphatic hydroxyl groups is 1. The van der Waals surface area contributed by atoms with Crippen molar-refractivity contribution >= 4 is 17.9 Å². The Balaban J connectivity index is 2.39. The zero-order valence-electron chi connectivity index (χ0n) is 10.4. The summed E-state index contributed by atoms with van der Waals surface area (Å²) in [5.74, 6) is 0. The van der Waals surface area contributed by atoms with E-state index in [9.17, 15) is 15.0 Å². The van der Waals surface area contributed by atoms with Crippen LogP contribution in [-0.4, -0.2) is 38.6 Å². The second-order valence-electron chi connectivity index (χ2n) is 4.87. The smallest absolute Gasteiger partial charge is 0.408 e. The molecule has 2 N–H and O–H groups in total. The van der Waals surface area contributed by atoms with Crippen LogP contribution in [0.3, 0.4) is 0 Å². The monoisotopic (exact) mass is 267 g/mol. The lowest BCUT2D eigenvalue weighted by atomic mass is 10.0. The standard InChI is InChI=1S/C13H17NO3S/c1-13(2)10(8-15)14(12(16)17)11(18-13)9-6-4-3-5-7-9/h3-7,10-11,15H,8H2,1-2H3,(H,16,17)/t10-,11?/m0/s1. The van der Waals surface area contributed by atoms with E-state index in [1.54, 1.807) is 11.8 Å².